The SMILES string of the molecule is COCCCN(C(=O)CN1CC(=O)Oc2ccccc21)c1c(N)n(Cc2ccccc2)c(=O)[nH]c1=O. The zero-order valence-corrected chi connectivity index (χ0v) is 19.8. The number of anilines is 3. The van der Waals surface area contributed by atoms with Gasteiger partial charge in [-0.1, -0.05) is 42.5 Å². The molecule has 0 radical (unpaired) electrons. The smallest absolute Gasteiger partial charge is 0.331 e. The van der Waals surface area contributed by atoms with Crippen molar-refractivity contribution in [3.8, 4) is 5.75 Å². The van der Waals surface area contributed by atoms with E-state index in [1.54, 1.807) is 29.2 Å². The van der Waals surface area contributed by atoms with Gasteiger partial charge in [-0.2, -0.15) is 0 Å². The molecule has 4 rings (SSSR count). The highest BCUT2D eigenvalue weighted by Gasteiger charge is 2.30. The molecule has 0 unspecified atom stereocenters. The van der Waals surface area contributed by atoms with Gasteiger partial charge in [-0.15, -0.1) is 0 Å². The molecule has 2 aromatic carbocycles. The summed E-state index contributed by atoms with van der Waals surface area (Å²) in [5, 5.41) is 0. The molecule has 1 aliphatic rings. The number of nitrogens with zero attached hydrogens (tertiary/aromatic N) is 3. The Morgan fingerprint density at radius 2 is 1.83 bits per heavy atom. The van der Waals surface area contributed by atoms with Crippen molar-refractivity contribution in [1.29, 1.82) is 0 Å². The van der Waals surface area contributed by atoms with Gasteiger partial charge < -0.3 is 25.0 Å². The first-order valence-corrected chi connectivity index (χ1v) is 11.4. The Labute approximate surface area is 206 Å². The monoisotopic (exact) mass is 493 g/mol. The summed E-state index contributed by atoms with van der Waals surface area (Å²) in [4.78, 5) is 56.3. The van der Waals surface area contributed by atoms with E-state index in [1.165, 1.54) is 16.6 Å². The number of ether oxygens (including phenoxy) is 2. The molecule has 1 aromatic heterocycles. The number of hydrogen-bond donors (Lipinski definition) is 2. The average Bonchev–Trinajstić information content (AvgIpc) is 2.86. The number of nitrogens with one attached hydrogen (secondary N) is 1. The molecule has 188 valence electrons. The summed E-state index contributed by atoms with van der Waals surface area (Å²) < 4.78 is 11.6. The van der Waals surface area contributed by atoms with Gasteiger partial charge in [0.2, 0.25) is 5.91 Å². The molecule has 0 aliphatic carbocycles. The fourth-order valence-corrected chi connectivity index (χ4v) is 4.08. The van der Waals surface area contributed by atoms with Gasteiger partial charge in [0.05, 0.1) is 18.8 Å². The predicted octanol–water partition coefficient (Wildman–Crippen LogP) is 0.962. The minimum atomic E-state index is -0.772. The Morgan fingerprint density at radius 1 is 1.11 bits per heavy atom. The van der Waals surface area contributed by atoms with Crippen LogP contribution in [0.15, 0.2) is 64.2 Å². The molecular formula is C25H27N5O6. The number of hydrogen-bond acceptors (Lipinski definition) is 8. The molecule has 3 N–H and O–H groups in total. The van der Waals surface area contributed by atoms with Gasteiger partial charge in [0.1, 0.15) is 12.4 Å². The van der Waals surface area contributed by atoms with Gasteiger partial charge in [0.15, 0.2) is 11.4 Å². The number of esters is 1. The van der Waals surface area contributed by atoms with E-state index in [1.807, 2.05) is 30.3 Å². The van der Waals surface area contributed by atoms with E-state index in [-0.39, 0.29) is 37.7 Å². The number of aromatic amines is 1. The van der Waals surface area contributed by atoms with Crippen molar-refractivity contribution in [3.63, 3.8) is 0 Å². The second kappa shape index (κ2) is 10.9. The number of fused-ring (bicyclic) bond motifs is 1. The van der Waals surface area contributed by atoms with E-state index in [4.69, 9.17) is 15.2 Å². The Kier molecular flexibility index (Phi) is 7.50. The molecule has 1 amide bonds. The van der Waals surface area contributed by atoms with Crippen molar-refractivity contribution >= 4 is 29.1 Å². The first-order valence-electron chi connectivity index (χ1n) is 11.4. The van der Waals surface area contributed by atoms with Gasteiger partial charge in [-0.05, 0) is 24.1 Å². The van der Waals surface area contributed by atoms with Crippen molar-refractivity contribution in [2.24, 2.45) is 0 Å². The number of para-hydroxylation sites is 2. The zero-order valence-electron chi connectivity index (χ0n) is 19.8. The van der Waals surface area contributed by atoms with Crippen LogP contribution in [0.2, 0.25) is 0 Å². The van der Waals surface area contributed by atoms with Gasteiger partial charge in [0.25, 0.3) is 5.56 Å². The maximum atomic E-state index is 13.6. The van der Waals surface area contributed by atoms with Crippen molar-refractivity contribution in [2.75, 3.05) is 48.9 Å². The van der Waals surface area contributed by atoms with E-state index in [0.29, 0.717) is 24.5 Å². The first-order chi connectivity index (χ1) is 17.4. The molecule has 0 bridgehead atoms. The third kappa shape index (κ3) is 5.31. The van der Waals surface area contributed by atoms with E-state index >= 15 is 0 Å². The van der Waals surface area contributed by atoms with Crippen LogP contribution >= 0.6 is 0 Å². The van der Waals surface area contributed by atoms with Gasteiger partial charge in [-0.3, -0.25) is 19.1 Å². The average molecular weight is 494 g/mol. The van der Waals surface area contributed by atoms with Gasteiger partial charge >= 0.3 is 11.7 Å². The molecule has 1 aliphatic heterocycles. The summed E-state index contributed by atoms with van der Waals surface area (Å²) in [5.74, 6) is -0.753. The summed E-state index contributed by atoms with van der Waals surface area (Å²) in [6, 6.07) is 16.0. The maximum absolute atomic E-state index is 13.6. The summed E-state index contributed by atoms with van der Waals surface area (Å²) in [5.41, 5.74) is 6.14. The third-order valence-electron chi connectivity index (χ3n) is 5.77. The molecule has 0 atom stereocenters. The Bertz CT molecular complexity index is 1370. The van der Waals surface area contributed by atoms with Crippen LogP contribution < -0.4 is 31.5 Å². The summed E-state index contributed by atoms with van der Waals surface area (Å²) in [7, 11) is 1.53. The minimum absolute atomic E-state index is 0.112. The molecule has 0 saturated heterocycles. The second-order valence-electron chi connectivity index (χ2n) is 8.25. The number of carbonyl (C=O) groups is 2. The Hall–Kier alpha value is -4.38. The lowest BCUT2D eigenvalue weighted by atomic mass is 10.2. The lowest BCUT2D eigenvalue weighted by Gasteiger charge is -2.32. The van der Waals surface area contributed by atoms with Crippen LogP contribution in [-0.4, -0.2) is 54.8 Å². The van der Waals surface area contributed by atoms with Gasteiger partial charge in [0, 0.05) is 20.3 Å². The number of nitrogens with two attached hydrogens (primary N) is 1. The lowest BCUT2D eigenvalue weighted by molar-refractivity contribution is -0.133. The molecular weight excluding hydrogens is 466 g/mol. The third-order valence-corrected chi connectivity index (χ3v) is 5.77. The van der Waals surface area contributed by atoms with E-state index in [9.17, 15) is 19.2 Å². The highest BCUT2D eigenvalue weighted by molar-refractivity contribution is 5.99. The molecule has 0 saturated carbocycles. The van der Waals surface area contributed by atoms with Crippen LogP contribution in [0.4, 0.5) is 17.2 Å². The molecule has 3 aromatic rings. The van der Waals surface area contributed by atoms with Crippen LogP contribution in [0, 0.1) is 0 Å². The lowest BCUT2D eigenvalue weighted by Crippen LogP contribution is -2.48. The standard InChI is InChI=1S/C25H27N5O6/c1-35-13-7-12-29(20(31)15-28-16-21(32)36-19-11-6-5-10-18(19)28)22-23(26)30(25(34)27-24(22)33)14-17-8-3-2-4-9-17/h2-6,8-11H,7,12-16,26H2,1H3,(H,27,33,34). The van der Waals surface area contributed by atoms with Crippen molar-refractivity contribution in [2.45, 2.75) is 13.0 Å². The molecule has 36 heavy (non-hydrogen) atoms. The fraction of sp³-hybridized carbons (Fsp3) is 0.280. The van der Waals surface area contributed by atoms with E-state index < -0.39 is 23.1 Å². The Balaban J connectivity index is 1.70. The van der Waals surface area contributed by atoms with Crippen molar-refractivity contribution in [1.82, 2.24) is 9.55 Å². The van der Waals surface area contributed by atoms with E-state index in [0.717, 1.165) is 5.56 Å². The fourth-order valence-electron chi connectivity index (χ4n) is 4.08. The van der Waals surface area contributed by atoms with Gasteiger partial charge in [-0.25, -0.2) is 9.59 Å². The molecule has 11 nitrogen and oxygen atoms in total. The molecule has 2 heterocycles. The number of benzene rings is 2. The molecule has 0 spiro atoms. The number of H-pyrrole nitrogens is 1. The number of nitrogen functional groups attached to an aromatic ring is 1. The minimum Gasteiger partial charge on any atom is -0.423 e. The largest absolute Gasteiger partial charge is 0.423 e. The zero-order chi connectivity index (χ0) is 25.7. The summed E-state index contributed by atoms with van der Waals surface area (Å²) in [6.45, 7) is 0.220. The summed E-state index contributed by atoms with van der Waals surface area (Å²) >= 11 is 0. The Morgan fingerprint density at radius 3 is 2.58 bits per heavy atom. The van der Waals surface area contributed by atoms with Crippen LogP contribution in [-0.2, 0) is 20.9 Å². The number of rotatable bonds is 9. The highest BCUT2D eigenvalue weighted by atomic mass is 16.5. The number of aromatic nitrogens is 2. The van der Waals surface area contributed by atoms with E-state index in [2.05, 4.69) is 4.98 Å². The number of carbonyl (C=O) groups excluding carboxylic acids is 2. The molecule has 0 fully saturated rings. The van der Waals surface area contributed by atoms with Crippen LogP contribution in [0.5, 0.6) is 5.75 Å². The maximum Gasteiger partial charge on any atom is 0.331 e. The number of amides is 1. The summed E-state index contributed by atoms with van der Waals surface area (Å²) in [6.07, 6.45) is 0.414. The van der Waals surface area contributed by atoms with Crippen LogP contribution in [0.1, 0.15) is 12.0 Å². The normalized spacial score (nSPS) is 12.7. The van der Waals surface area contributed by atoms with Crippen molar-refractivity contribution in [3.05, 3.63) is 81.0 Å². The molecule has 11 heteroatoms. The quantitative estimate of drug-likeness (QED) is 0.255. The topological polar surface area (TPSA) is 140 Å². The highest BCUT2D eigenvalue weighted by Crippen LogP contribution is 2.31. The second-order valence-corrected chi connectivity index (χ2v) is 8.25. The van der Waals surface area contributed by atoms with Crippen LogP contribution in [0.25, 0.3) is 0 Å². The van der Waals surface area contributed by atoms with Crippen LogP contribution in [0.3, 0.4) is 0 Å². The predicted molar refractivity (Wildman–Crippen MR) is 134 cm³/mol. The van der Waals surface area contributed by atoms with Crippen molar-refractivity contribution < 1.29 is 19.1 Å². The number of methoxy groups -OCH3 is 1. The first kappa shape index (κ1) is 24.7.